The van der Waals surface area contributed by atoms with Crippen LogP contribution in [0, 0.1) is 0 Å². The van der Waals surface area contributed by atoms with Crippen LogP contribution in [0.1, 0.15) is 27.7 Å². The second-order valence-corrected chi connectivity index (χ2v) is 9.21. The molecule has 140 valence electrons. The van der Waals surface area contributed by atoms with Gasteiger partial charge in [0.15, 0.2) is 0 Å². The normalized spacial score (nSPS) is 10.6. The van der Waals surface area contributed by atoms with Crippen LogP contribution in [0.5, 0.6) is 0 Å². The van der Waals surface area contributed by atoms with Crippen LogP contribution in [0.4, 0.5) is 0 Å². The number of esters is 3. The summed E-state index contributed by atoms with van der Waals surface area (Å²) in [5.41, 5.74) is 0.659. The monoisotopic (exact) mass is 370 g/mol. The molecule has 8 heteroatoms. The minimum Gasteiger partial charge on any atom is -0.463 e. The van der Waals surface area contributed by atoms with Gasteiger partial charge in [-0.05, 0) is 27.7 Å². The first-order chi connectivity index (χ1) is 11.5. The number of carbonyl (C=O) groups excluding carboxylic acids is 3. The van der Waals surface area contributed by atoms with Crippen LogP contribution in [-0.2, 0) is 33.0 Å². The Labute approximate surface area is 149 Å². The highest BCUT2D eigenvalue weighted by atomic mass is 28.4. The molecule has 7 nitrogen and oxygen atoms in total. The zero-order valence-electron chi connectivity index (χ0n) is 15.3. The summed E-state index contributed by atoms with van der Waals surface area (Å²) in [5.74, 6) is -1.81. The van der Waals surface area contributed by atoms with Crippen molar-refractivity contribution in [3.63, 3.8) is 0 Å². The maximum Gasteiger partial charge on any atom is 0.332 e. The van der Waals surface area contributed by atoms with Gasteiger partial charge in [-0.1, -0.05) is 19.7 Å². The van der Waals surface area contributed by atoms with E-state index < -0.39 is 26.2 Å². The average molecular weight is 370 g/mol. The van der Waals surface area contributed by atoms with Gasteiger partial charge in [0.25, 0.3) is 0 Å². The zero-order chi connectivity index (χ0) is 19.6. The van der Waals surface area contributed by atoms with Gasteiger partial charge in [0, 0.05) is 23.3 Å². The second-order valence-electron chi connectivity index (χ2n) is 5.69. The molecule has 0 heterocycles. The highest BCUT2D eigenvalue weighted by molar-refractivity contribution is 6.74. The van der Waals surface area contributed by atoms with E-state index in [1.165, 1.54) is 20.8 Å². The first-order valence-corrected chi connectivity index (χ1v) is 10.2. The standard InChI is InChI=1S/C17H26O7Si/c1-8-24-25(9-21-15(18)12(2)3,10-22-16(19)13(4)5)11-23-17(20)14(6)7/h2,4,6,8-11H2,1,3,5,7H3. The predicted molar refractivity (Wildman–Crippen MR) is 94.7 cm³/mol. The Balaban J connectivity index is 5.27. The molecule has 0 rings (SSSR count). The van der Waals surface area contributed by atoms with Crippen LogP contribution in [0.2, 0.25) is 0 Å². The van der Waals surface area contributed by atoms with Gasteiger partial charge in [0.05, 0.1) is 0 Å². The van der Waals surface area contributed by atoms with Crippen LogP contribution in [0.15, 0.2) is 36.5 Å². The van der Waals surface area contributed by atoms with Crippen molar-refractivity contribution in [2.45, 2.75) is 27.7 Å². The van der Waals surface area contributed by atoms with E-state index in [2.05, 4.69) is 19.7 Å². The maximum absolute atomic E-state index is 11.7. The molecule has 0 aliphatic carbocycles. The summed E-state index contributed by atoms with van der Waals surface area (Å²) in [6.45, 7) is 17.0. The highest BCUT2D eigenvalue weighted by Crippen LogP contribution is 2.12. The number of hydrogen-bond acceptors (Lipinski definition) is 7. The molecule has 0 aromatic carbocycles. The summed E-state index contributed by atoms with van der Waals surface area (Å²) in [6.07, 6.45) is -0.460. The fourth-order valence-electron chi connectivity index (χ4n) is 1.52. The van der Waals surface area contributed by atoms with E-state index in [1.807, 2.05) is 0 Å². The molecule has 0 aliphatic rings. The van der Waals surface area contributed by atoms with Crippen molar-refractivity contribution in [3.8, 4) is 0 Å². The van der Waals surface area contributed by atoms with Gasteiger partial charge in [0.2, 0.25) is 0 Å². The summed E-state index contributed by atoms with van der Waals surface area (Å²) in [4.78, 5) is 35.1. The van der Waals surface area contributed by atoms with E-state index in [-0.39, 0.29) is 42.0 Å². The topological polar surface area (TPSA) is 88.1 Å². The van der Waals surface area contributed by atoms with Gasteiger partial charge in [0.1, 0.15) is 18.7 Å². The van der Waals surface area contributed by atoms with Gasteiger partial charge >= 0.3 is 26.2 Å². The van der Waals surface area contributed by atoms with Crippen molar-refractivity contribution in [1.29, 1.82) is 0 Å². The van der Waals surface area contributed by atoms with Crippen LogP contribution in [-0.4, -0.2) is 51.5 Å². The number of ether oxygens (including phenoxy) is 3. The lowest BCUT2D eigenvalue weighted by molar-refractivity contribution is -0.139. The Morgan fingerprint density at radius 2 is 1.00 bits per heavy atom. The SMILES string of the molecule is C=C(C)C(=O)OC[Si](COC(=O)C(=C)C)(COC(=O)C(=C)C)OCC. The summed E-state index contributed by atoms with van der Waals surface area (Å²) in [6, 6.07) is 0. The minimum absolute atomic E-state index is 0.153. The summed E-state index contributed by atoms with van der Waals surface area (Å²) in [7, 11) is -3.07. The molecule has 0 unspecified atom stereocenters. The molecular weight excluding hydrogens is 344 g/mol. The lowest BCUT2D eigenvalue weighted by Gasteiger charge is -2.29. The van der Waals surface area contributed by atoms with Gasteiger partial charge in [-0.2, -0.15) is 0 Å². The molecule has 0 aromatic heterocycles. The van der Waals surface area contributed by atoms with E-state index >= 15 is 0 Å². The van der Waals surface area contributed by atoms with Gasteiger partial charge in [-0.25, -0.2) is 14.4 Å². The van der Waals surface area contributed by atoms with Crippen molar-refractivity contribution >= 4 is 26.2 Å². The molecule has 0 saturated heterocycles. The fourth-order valence-corrected chi connectivity index (χ4v) is 3.81. The largest absolute Gasteiger partial charge is 0.463 e. The fraction of sp³-hybridized carbons (Fsp3) is 0.471. The molecule has 0 aliphatic heterocycles. The average Bonchev–Trinajstić information content (AvgIpc) is 2.54. The molecule has 0 spiro atoms. The summed E-state index contributed by atoms with van der Waals surface area (Å²) in [5, 5.41) is 0. The van der Waals surface area contributed by atoms with Gasteiger partial charge in [-0.15, -0.1) is 0 Å². The molecule has 0 amide bonds. The van der Waals surface area contributed by atoms with Gasteiger partial charge < -0.3 is 18.6 Å². The third-order valence-electron chi connectivity index (χ3n) is 2.89. The Morgan fingerprint density at radius 1 is 0.720 bits per heavy atom. The third-order valence-corrected chi connectivity index (χ3v) is 5.81. The quantitative estimate of drug-likeness (QED) is 0.238. The van der Waals surface area contributed by atoms with E-state index in [0.29, 0.717) is 0 Å². The minimum atomic E-state index is -3.07. The molecular formula is C17H26O7Si. The molecule has 25 heavy (non-hydrogen) atoms. The smallest absolute Gasteiger partial charge is 0.332 e. The van der Waals surface area contributed by atoms with E-state index in [9.17, 15) is 14.4 Å². The maximum atomic E-state index is 11.7. The second kappa shape index (κ2) is 10.6. The molecule has 0 bridgehead atoms. The van der Waals surface area contributed by atoms with Crippen molar-refractivity contribution in [3.05, 3.63) is 36.5 Å². The number of hydrogen-bond donors (Lipinski definition) is 0. The van der Waals surface area contributed by atoms with Crippen molar-refractivity contribution in [2.75, 3.05) is 25.3 Å². The first-order valence-electron chi connectivity index (χ1n) is 7.66. The molecule has 0 radical (unpaired) electrons. The molecule has 0 aromatic rings. The molecule has 0 atom stereocenters. The van der Waals surface area contributed by atoms with Crippen LogP contribution in [0.3, 0.4) is 0 Å². The summed E-state index contributed by atoms with van der Waals surface area (Å²) < 4.78 is 21.3. The number of carbonyl (C=O) groups is 3. The lowest BCUT2D eigenvalue weighted by Crippen LogP contribution is -2.55. The Bertz CT molecular complexity index is 491. The van der Waals surface area contributed by atoms with Crippen LogP contribution < -0.4 is 0 Å². The van der Waals surface area contributed by atoms with Crippen molar-refractivity contribution in [1.82, 2.24) is 0 Å². The van der Waals surface area contributed by atoms with Gasteiger partial charge in [-0.3, -0.25) is 0 Å². The predicted octanol–water partition coefficient (Wildman–Crippen LogP) is 1.94. The third kappa shape index (κ3) is 8.46. The van der Waals surface area contributed by atoms with Crippen LogP contribution >= 0.6 is 0 Å². The Morgan fingerprint density at radius 3 is 1.20 bits per heavy atom. The highest BCUT2D eigenvalue weighted by Gasteiger charge is 2.41. The summed E-state index contributed by atoms with van der Waals surface area (Å²) >= 11 is 0. The lowest BCUT2D eigenvalue weighted by atomic mass is 10.4. The van der Waals surface area contributed by atoms with Crippen molar-refractivity contribution < 1.29 is 33.0 Å². The Hall–Kier alpha value is -2.19. The van der Waals surface area contributed by atoms with E-state index in [4.69, 9.17) is 18.6 Å². The molecule has 0 fully saturated rings. The van der Waals surface area contributed by atoms with Crippen LogP contribution in [0.25, 0.3) is 0 Å². The van der Waals surface area contributed by atoms with E-state index in [0.717, 1.165) is 0 Å². The van der Waals surface area contributed by atoms with Crippen molar-refractivity contribution in [2.24, 2.45) is 0 Å². The first kappa shape index (κ1) is 22.8. The van der Waals surface area contributed by atoms with E-state index in [1.54, 1.807) is 6.92 Å². The zero-order valence-corrected chi connectivity index (χ0v) is 16.3. The number of rotatable bonds is 11. The molecule has 0 N–H and O–H groups in total. The Kier molecular flexibility index (Phi) is 9.69. The molecule has 0 saturated carbocycles.